The minimum atomic E-state index is 0.669. The summed E-state index contributed by atoms with van der Waals surface area (Å²) in [4.78, 5) is 4.38. The maximum Gasteiger partial charge on any atom is 0.0370 e. The summed E-state index contributed by atoms with van der Waals surface area (Å²) in [5.74, 6) is 3.06. The van der Waals surface area contributed by atoms with Gasteiger partial charge in [0.1, 0.15) is 0 Å². The highest BCUT2D eigenvalue weighted by atomic mass is 32.2. The number of nitrogens with one attached hydrogen (secondary N) is 1. The smallest absolute Gasteiger partial charge is 0.0370 e. The Hall–Kier alpha value is -0.510. The molecule has 0 amide bonds. The Balaban J connectivity index is 1.65. The maximum atomic E-state index is 3.60. The summed E-state index contributed by atoms with van der Waals surface area (Å²) in [6.45, 7) is 6.16. The van der Waals surface area contributed by atoms with Gasteiger partial charge >= 0.3 is 0 Å². The first kappa shape index (κ1) is 13.2. The average molecular weight is 288 g/mol. The zero-order chi connectivity index (χ0) is 13.5. The van der Waals surface area contributed by atoms with Crippen molar-refractivity contribution in [3.05, 3.63) is 29.8 Å². The van der Waals surface area contributed by atoms with Crippen molar-refractivity contribution in [1.29, 1.82) is 0 Å². The molecule has 4 rings (SSSR count). The van der Waals surface area contributed by atoms with E-state index >= 15 is 0 Å². The third-order valence-corrected chi connectivity index (χ3v) is 6.63. The van der Waals surface area contributed by atoms with E-state index in [0.717, 1.165) is 17.9 Å². The van der Waals surface area contributed by atoms with Crippen molar-refractivity contribution in [2.75, 3.05) is 25.4 Å². The van der Waals surface area contributed by atoms with Crippen LogP contribution in [0.4, 0.5) is 0 Å². The van der Waals surface area contributed by atoms with E-state index in [1.807, 2.05) is 11.8 Å². The summed E-state index contributed by atoms with van der Waals surface area (Å²) in [6, 6.07) is 10.5. The lowest BCUT2D eigenvalue weighted by Gasteiger charge is -2.37. The summed E-state index contributed by atoms with van der Waals surface area (Å²) >= 11 is 2.04. The van der Waals surface area contributed by atoms with Crippen LogP contribution in [0.2, 0.25) is 0 Å². The SMILES string of the molecule is CCC1C2CNCC2CN1C1CCSc2ccccc21. The van der Waals surface area contributed by atoms with Crippen LogP contribution in [0, 0.1) is 11.8 Å². The highest BCUT2D eigenvalue weighted by molar-refractivity contribution is 7.99. The van der Waals surface area contributed by atoms with Crippen molar-refractivity contribution >= 4 is 11.8 Å². The summed E-state index contributed by atoms with van der Waals surface area (Å²) in [6.07, 6.45) is 2.62. The molecule has 4 atom stereocenters. The number of thioether (sulfide) groups is 1. The van der Waals surface area contributed by atoms with Crippen LogP contribution in [0.15, 0.2) is 29.2 Å². The first-order chi connectivity index (χ1) is 9.88. The van der Waals surface area contributed by atoms with Gasteiger partial charge in [0.05, 0.1) is 0 Å². The molecule has 3 aliphatic rings. The Bertz CT molecular complexity index is 490. The third-order valence-electron chi connectivity index (χ3n) is 5.50. The van der Waals surface area contributed by atoms with Crippen LogP contribution < -0.4 is 5.32 Å². The minimum absolute atomic E-state index is 0.669. The number of benzene rings is 1. The third kappa shape index (κ3) is 2.02. The van der Waals surface area contributed by atoms with Crippen LogP contribution in [0.3, 0.4) is 0 Å². The summed E-state index contributed by atoms with van der Waals surface area (Å²) < 4.78 is 0. The highest BCUT2D eigenvalue weighted by Gasteiger charge is 2.46. The normalized spacial score (nSPS) is 36.9. The monoisotopic (exact) mass is 288 g/mol. The van der Waals surface area contributed by atoms with Crippen LogP contribution in [-0.2, 0) is 0 Å². The molecule has 3 heteroatoms. The molecular formula is C17H24N2S. The standard InChI is InChI=1S/C17H24N2S/c1-2-15-14-10-18-9-12(14)11-19(15)16-7-8-20-17-6-4-3-5-13(16)17/h3-6,12,14-16,18H,2,7-11H2,1H3. The Labute approximate surface area is 126 Å². The predicted molar refractivity (Wildman–Crippen MR) is 85.2 cm³/mol. The molecule has 0 spiro atoms. The Morgan fingerprint density at radius 3 is 3.10 bits per heavy atom. The van der Waals surface area contributed by atoms with E-state index in [9.17, 15) is 0 Å². The molecule has 0 radical (unpaired) electrons. The number of nitrogens with zero attached hydrogens (tertiary/aromatic N) is 1. The van der Waals surface area contributed by atoms with Crippen LogP contribution in [-0.4, -0.2) is 36.3 Å². The van der Waals surface area contributed by atoms with Gasteiger partial charge in [-0.3, -0.25) is 4.90 Å². The van der Waals surface area contributed by atoms with Crippen molar-refractivity contribution in [2.45, 2.75) is 36.7 Å². The zero-order valence-corrected chi connectivity index (χ0v) is 13.0. The molecule has 1 aromatic rings. The van der Waals surface area contributed by atoms with Gasteiger partial charge in [-0.05, 0) is 55.1 Å². The second-order valence-corrected chi connectivity index (χ2v) is 7.58. The molecule has 2 saturated heterocycles. The molecule has 3 heterocycles. The van der Waals surface area contributed by atoms with E-state index in [1.54, 1.807) is 5.56 Å². The van der Waals surface area contributed by atoms with Crippen molar-refractivity contribution in [3.8, 4) is 0 Å². The quantitative estimate of drug-likeness (QED) is 0.900. The van der Waals surface area contributed by atoms with Gasteiger partial charge in [-0.15, -0.1) is 11.8 Å². The Morgan fingerprint density at radius 2 is 2.20 bits per heavy atom. The Morgan fingerprint density at radius 1 is 1.30 bits per heavy atom. The van der Waals surface area contributed by atoms with Crippen molar-refractivity contribution in [1.82, 2.24) is 10.2 Å². The highest BCUT2D eigenvalue weighted by Crippen LogP contribution is 2.45. The number of rotatable bonds is 2. The summed E-state index contributed by atoms with van der Waals surface area (Å²) in [7, 11) is 0. The van der Waals surface area contributed by atoms with E-state index in [2.05, 4.69) is 41.4 Å². The lowest BCUT2D eigenvalue weighted by Crippen LogP contribution is -2.39. The lowest BCUT2D eigenvalue weighted by atomic mass is 9.92. The molecule has 0 saturated carbocycles. The first-order valence-corrected chi connectivity index (χ1v) is 9.05. The fraction of sp³-hybridized carbons (Fsp3) is 0.647. The van der Waals surface area contributed by atoms with E-state index in [1.165, 1.54) is 43.1 Å². The second-order valence-electron chi connectivity index (χ2n) is 6.45. The number of likely N-dealkylation sites (tertiary alicyclic amines) is 1. The van der Waals surface area contributed by atoms with E-state index < -0.39 is 0 Å². The zero-order valence-electron chi connectivity index (χ0n) is 12.2. The largest absolute Gasteiger partial charge is 0.316 e. The fourth-order valence-corrected chi connectivity index (χ4v) is 5.73. The second kappa shape index (κ2) is 5.36. The van der Waals surface area contributed by atoms with Crippen molar-refractivity contribution in [2.24, 2.45) is 11.8 Å². The molecule has 0 aromatic heterocycles. The Kier molecular flexibility index (Phi) is 3.53. The molecule has 3 aliphatic heterocycles. The molecule has 2 fully saturated rings. The van der Waals surface area contributed by atoms with Gasteiger partial charge in [0.15, 0.2) is 0 Å². The molecule has 108 valence electrons. The maximum absolute atomic E-state index is 3.60. The minimum Gasteiger partial charge on any atom is -0.316 e. The van der Waals surface area contributed by atoms with Gasteiger partial charge in [0.25, 0.3) is 0 Å². The van der Waals surface area contributed by atoms with Gasteiger partial charge in [-0.2, -0.15) is 0 Å². The molecule has 4 unspecified atom stereocenters. The van der Waals surface area contributed by atoms with Crippen molar-refractivity contribution < 1.29 is 0 Å². The molecule has 20 heavy (non-hydrogen) atoms. The van der Waals surface area contributed by atoms with E-state index in [-0.39, 0.29) is 0 Å². The average Bonchev–Trinajstić information content (AvgIpc) is 3.06. The molecule has 1 N–H and O–H groups in total. The van der Waals surface area contributed by atoms with Crippen LogP contribution in [0.1, 0.15) is 31.4 Å². The van der Waals surface area contributed by atoms with Crippen molar-refractivity contribution in [3.63, 3.8) is 0 Å². The molecule has 0 bridgehead atoms. The van der Waals surface area contributed by atoms with Gasteiger partial charge in [0.2, 0.25) is 0 Å². The van der Waals surface area contributed by atoms with Gasteiger partial charge in [0, 0.05) is 23.5 Å². The van der Waals surface area contributed by atoms with Gasteiger partial charge in [-0.1, -0.05) is 25.1 Å². The van der Waals surface area contributed by atoms with Crippen LogP contribution in [0.25, 0.3) is 0 Å². The molecule has 1 aromatic carbocycles. The summed E-state index contributed by atoms with van der Waals surface area (Å²) in [5, 5.41) is 3.60. The molecule has 2 nitrogen and oxygen atoms in total. The first-order valence-electron chi connectivity index (χ1n) is 8.06. The fourth-order valence-electron chi connectivity index (χ4n) is 4.62. The van der Waals surface area contributed by atoms with Gasteiger partial charge < -0.3 is 5.32 Å². The predicted octanol–water partition coefficient (Wildman–Crippen LogP) is 3.15. The summed E-state index contributed by atoms with van der Waals surface area (Å²) in [5.41, 5.74) is 1.59. The molecular weight excluding hydrogens is 264 g/mol. The number of hydrogen-bond donors (Lipinski definition) is 1. The van der Waals surface area contributed by atoms with E-state index in [0.29, 0.717) is 6.04 Å². The van der Waals surface area contributed by atoms with Crippen LogP contribution in [0.5, 0.6) is 0 Å². The van der Waals surface area contributed by atoms with Gasteiger partial charge in [-0.25, -0.2) is 0 Å². The number of fused-ring (bicyclic) bond motifs is 2. The van der Waals surface area contributed by atoms with E-state index in [4.69, 9.17) is 0 Å². The molecule has 0 aliphatic carbocycles. The lowest BCUT2D eigenvalue weighted by molar-refractivity contribution is 0.148. The number of hydrogen-bond acceptors (Lipinski definition) is 3. The topological polar surface area (TPSA) is 15.3 Å². The van der Waals surface area contributed by atoms with Crippen LogP contribution >= 0.6 is 11.8 Å².